The first-order chi connectivity index (χ1) is 8.15. The van der Waals surface area contributed by atoms with Crippen LogP contribution >= 0.6 is 0 Å². The molecule has 1 aromatic rings. The van der Waals surface area contributed by atoms with Gasteiger partial charge in [0.25, 0.3) is 0 Å². The Balaban J connectivity index is 2.45. The Morgan fingerprint density at radius 3 is 2.71 bits per heavy atom. The Kier molecular flexibility index (Phi) is 5.42. The Bertz CT molecular complexity index is 379. The second-order valence-electron chi connectivity index (χ2n) is 3.41. The van der Waals surface area contributed by atoms with Crippen molar-refractivity contribution in [3.8, 4) is 5.75 Å². The van der Waals surface area contributed by atoms with E-state index in [9.17, 15) is 9.18 Å². The lowest BCUT2D eigenvalue weighted by Crippen LogP contribution is -2.08. The third kappa shape index (κ3) is 4.40. The van der Waals surface area contributed by atoms with Crippen molar-refractivity contribution in [2.75, 3.05) is 19.8 Å². The highest BCUT2D eigenvalue weighted by Crippen LogP contribution is 2.16. The van der Waals surface area contributed by atoms with Crippen LogP contribution in [0.3, 0.4) is 0 Å². The maximum absolute atomic E-state index is 13.2. The minimum absolute atomic E-state index is 0.299. The zero-order valence-electron chi connectivity index (χ0n) is 9.61. The van der Waals surface area contributed by atoms with E-state index in [1.807, 2.05) is 6.92 Å². The van der Waals surface area contributed by atoms with Gasteiger partial charge in [0.2, 0.25) is 0 Å². The molecule has 0 amide bonds. The summed E-state index contributed by atoms with van der Waals surface area (Å²) in [5.74, 6) is -1.79. The number of carbonyl (C=O) groups is 1. The van der Waals surface area contributed by atoms with Gasteiger partial charge in [0.1, 0.15) is 18.2 Å². The summed E-state index contributed by atoms with van der Waals surface area (Å²) in [6.45, 7) is 3.40. The highest BCUT2D eigenvalue weighted by atomic mass is 19.1. The van der Waals surface area contributed by atoms with Gasteiger partial charge in [-0.05, 0) is 18.6 Å². The third-order valence-corrected chi connectivity index (χ3v) is 2.02. The van der Waals surface area contributed by atoms with Crippen LogP contribution < -0.4 is 4.74 Å². The zero-order valence-corrected chi connectivity index (χ0v) is 9.61. The number of benzene rings is 1. The maximum Gasteiger partial charge on any atom is 0.338 e. The van der Waals surface area contributed by atoms with E-state index >= 15 is 0 Å². The number of ether oxygens (including phenoxy) is 2. The van der Waals surface area contributed by atoms with Crippen LogP contribution in [0.5, 0.6) is 5.75 Å². The second kappa shape index (κ2) is 6.85. The number of carboxylic acids is 1. The highest BCUT2D eigenvalue weighted by molar-refractivity contribution is 5.88. The molecule has 1 aromatic carbocycles. The average Bonchev–Trinajstić information content (AvgIpc) is 2.28. The number of aromatic carboxylic acids is 1. The molecule has 1 rings (SSSR count). The smallest absolute Gasteiger partial charge is 0.338 e. The fourth-order valence-electron chi connectivity index (χ4n) is 1.22. The number of hydrogen-bond acceptors (Lipinski definition) is 3. The largest absolute Gasteiger partial charge is 0.491 e. The van der Waals surface area contributed by atoms with Gasteiger partial charge >= 0.3 is 5.97 Å². The molecule has 0 saturated heterocycles. The van der Waals surface area contributed by atoms with Crippen LogP contribution in [0.1, 0.15) is 23.7 Å². The predicted octanol–water partition coefficient (Wildman–Crippen LogP) is 2.33. The molecule has 0 aliphatic carbocycles. The normalized spacial score (nSPS) is 10.2. The molecule has 4 nitrogen and oxygen atoms in total. The van der Waals surface area contributed by atoms with Crippen LogP contribution in [0.25, 0.3) is 0 Å². The number of hydrogen-bond donors (Lipinski definition) is 1. The number of carboxylic acid groups (broad SMARTS) is 1. The van der Waals surface area contributed by atoms with Crippen molar-refractivity contribution in [3.63, 3.8) is 0 Å². The van der Waals surface area contributed by atoms with Gasteiger partial charge in [0, 0.05) is 12.7 Å². The van der Waals surface area contributed by atoms with Gasteiger partial charge in [-0.2, -0.15) is 0 Å². The zero-order chi connectivity index (χ0) is 12.7. The molecule has 0 saturated carbocycles. The fraction of sp³-hybridized carbons (Fsp3) is 0.417. The molecule has 0 heterocycles. The minimum Gasteiger partial charge on any atom is -0.491 e. The van der Waals surface area contributed by atoms with Crippen molar-refractivity contribution in [1.82, 2.24) is 0 Å². The minimum atomic E-state index is -1.29. The molecule has 0 radical (unpaired) electrons. The van der Waals surface area contributed by atoms with Gasteiger partial charge in [-0.1, -0.05) is 6.92 Å². The first-order valence-corrected chi connectivity index (χ1v) is 5.38. The molecule has 0 bridgehead atoms. The molecular weight excluding hydrogens is 227 g/mol. The van der Waals surface area contributed by atoms with Crippen molar-refractivity contribution in [2.24, 2.45) is 0 Å². The Hall–Kier alpha value is -1.62. The van der Waals surface area contributed by atoms with Crippen molar-refractivity contribution in [3.05, 3.63) is 29.6 Å². The predicted molar refractivity (Wildman–Crippen MR) is 60.0 cm³/mol. The molecule has 94 valence electrons. The van der Waals surface area contributed by atoms with E-state index in [0.717, 1.165) is 12.5 Å². The summed E-state index contributed by atoms with van der Waals surface area (Å²) in [4.78, 5) is 10.6. The van der Waals surface area contributed by atoms with E-state index in [1.165, 1.54) is 12.1 Å². The molecule has 5 heteroatoms. The van der Waals surface area contributed by atoms with Crippen LogP contribution in [0.4, 0.5) is 4.39 Å². The monoisotopic (exact) mass is 242 g/mol. The lowest BCUT2D eigenvalue weighted by molar-refractivity contribution is 0.0691. The number of halogens is 1. The van der Waals surface area contributed by atoms with E-state index in [4.69, 9.17) is 14.6 Å². The quantitative estimate of drug-likeness (QED) is 0.745. The molecule has 0 aliphatic rings. The topological polar surface area (TPSA) is 55.8 Å². The number of rotatable bonds is 7. The van der Waals surface area contributed by atoms with Crippen LogP contribution in [-0.2, 0) is 4.74 Å². The van der Waals surface area contributed by atoms with Gasteiger partial charge in [0.05, 0.1) is 12.2 Å². The molecule has 1 N–H and O–H groups in total. The van der Waals surface area contributed by atoms with Gasteiger partial charge < -0.3 is 14.6 Å². The van der Waals surface area contributed by atoms with E-state index in [-0.39, 0.29) is 5.56 Å². The third-order valence-electron chi connectivity index (χ3n) is 2.02. The van der Waals surface area contributed by atoms with E-state index in [0.29, 0.717) is 25.6 Å². The average molecular weight is 242 g/mol. The van der Waals surface area contributed by atoms with Crippen LogP contribution in [0, 0.1) is 5.82 Å². The van der Waals surface area contributed by atoms with Gasteiger partial charge in [-0.25, -0.2) is 9.18 Å². The maximum atomic E-state index is 13.2. The molecular formula is C12H15FO4. The van der Waals surface area contributed by atoms with Gasteiger partial charge in [0.15, 0.2) is 0 Å². The second-order valence-corrected chi connectivity index (χ2v) is 3.41. The summed E-state index contributed by atoms with van der Waals surface area (Å²) < 4.78 is 23.6. The SMILES string of the molecule is CCCOCCOc1ccc(C(=O)O)c(F)c1. The van der Waals surface area contributed by atoms with Crippen molar-refractivity contribution in [2.45, 2.75) is 13.3 Å². The van der Waals surface area contributed by atoms with Gasteiger partial charge in [-0.3, -0.25) is 0 Å². The van der Waals surface area contributed by atoms with Crippen molar-refractivity contribution < 1.29 is 23.8 Å². The summed E-state index contributed by atoms with van der Waals surface area (Å²) >= 11 is 0. The van der Waals surface area contributed by atoms with E-state index in [1.54, 1.807) is 0 Å². The van der Waals surface area contributed by atoms with E-state index in [2.05, 4.69) is 0 Å². The van der Waals surface area contributed by atoms with Crippen LogP contribution in [0.2, 0.25) is 0 Å². The first-order valence-electron chi connectivity index (χ1n) is 5.38. The van der Waals surface area contributed by atoms with Crippen molar-refractivity contribution >= 4 is 5.97 Å². The molecule has 17 heavy (non-hydrogen) atoms. The Morgan fingerprint density at radius 1 is 1.35 bits per heavy atom. The lowest BCUT2D eigenvalue weighted by Gasteiger charge is -2.07. The van der Waals surface area contributed by atoms with Gasteiger partial charge in [-0.15, -0.1) is 0 Å². The molecule has 0 unspecified atom stereocenters. The summed E-state index contributed by atoms with van der Waals surface area (Å²) in [6.07, 6.45) is 0.932. The van der Waals surface area contributed by atoms with Crippen molar-refractivity contribution in [1.29, 1.82) is 0 Å². The highest BCUT2D eigenvalue weighted by Gasteiger charge is 2.10. The molecule has 0 aliphatic heterocycles. The summed E-state index contributed by atoms with van der Waals surface area (Å²) in [7, 11) is 0. The molecule has 0 spiro atoms. The van der Waals surface area contributed by atoms with Crippen LogP contribution in [-0.4, -0.2) is 30.9 Å². The van der Waals surface area contributed by atoms with E-state index < -0.39 is 11.8 Å². The molecule has 0 fully saturated rings. The summed E-state index contributed by atoms with van der Waals surface area (Å²) in [5.41, 5.74) is -0.361. The molecule has 0 atom stereocenters. The summed E-state index contributed by atoms with van der Waals surface area (Å²) in [5, 5.41) is 8.63. The van der Waals surface area contributed by atoms with Crippen LogP contribution in [0.15, 0.2) is 18.2 Å². The lowest BCUT2D eigenvalue weighted by atomic mass is 10.2. The molecule has 0 aromatic heterocycles. The summed E-state index contributed by atoms with van der Waals surface area (Å²) in [6, 6.07) is 3.66. The Labute approximate surface area is 99.0 Å². The Morgan fingerprint density at radius 2 is 2.12 bits per heavy atom. The standard InChI is InChI=1S/C12H15FO4/c1-2-5-16-6-7-17-9-3-4-10(12(14)15)11(13)8-9/h3-4,8H,2,5-7H2,1H3,(H,14,15). The first kappa shape index (κ1) is 13.4. The fourth-order valence-corrected chi connectivity index (χ4v) is 1.22.